The fourth-order valence-corrected chi connectivity index (χ4v) is 2.73. The predicted octanol–water partition coefficient (Wildman–Crippen LogP) is 4.13. The number of unbranched alkanes of at least 4 members (excludes halogenated alkanes) is 3. The number of hydrogen-bond donors (Lipinski definition) is 1. The third-order valence-electron chi connectivity index (χ3n) is 3.67. The van der Waals surface area contributed by atoms with Gasteiger partial charge in [0.25, 0.3) is 0 Å². The van der Waals surface area contributed by atoms with Crippen molar-refractivity contribution in [1.82, 2.24) is 5.32 Å². The average Bonchev–Trinajstić information content (AvgIpc) is 2.16. The smallest absolute Gasteiger partial charge is 0.00721 e. The minimum Gasteiger partial charge on any atom is -0.314 e. The van der Waals surface area contributed by atoms with Crippen molar-refractivity contribution in [2.24, 2.45) is 5.41 Å². The fourth-order valence-electron chi connectivity index (χ4n) is 2.73. The Morgan fingerprint density at radius 1 is 1.20 bits per heavy atom. The first kappa shape index (κ1) is 13.0. The summed E-state index contributed by atoms with van der Waals surface area (Å²) in [6.07, 6.45) is 11.1. The highest BCUT2D eigenvalue weighted by Crippen LogP contribution is 2.34. The third-order valence-corrected chi connectivity index (χ3v) is 3.67. The molecule has 0 radical (unpaired) electrons. The van der Waals surface area contributed by atoms with Gasteiger partial charge < -0.3 is 5.32 Å². The Labute approximate surface area is 96.0 Å². The van der Waals surface area contributed by atoms with Crippen LogP contribution in [0.4, 0.5) is 0 Å². The molecule has 1 nitrogen and oxygen atoms in total. The van der Waals surface area contributed by atoms with Gasteiger partial charge in [-0.15, -0.1) is 0 Å². The molecule has 0 saturated heterocycles. The molecule has 0 aliphatic heterocycles. The highest BCUT2D eigenvalue weighted by Gasteiger charge is 2.27. The van der Waals surface area contributed by atoms with E-state index >= 15 is 0 Å². The largest absolute Gasteiger partial charge is 0.314 e. The van der Waals surface area contributed by atoms with Crippen LogP contribution in [0.2, 0.25) is 0 Å². The summed E-state index contributed by atoms with van der Waals surface area (Å²) in [5.74, 6) is 0. The van der Waals surface area contributed by atoms with Crippen LogP contribution in [0.15, 0.2) is 0 Å². The Kier molecular flexibility index (Phi) is 5.66. The van der Waals surface area contributed by atoms with E-state index < -0.39 is 0 Å². The van der Waals surface area contributed by atoms with Gasteiger partial charge in [-0.2, -0.15) is 0 Å². The van der Waals surface area contributed by atoms with Crippen molar-refractivity contribution in [3.05, 3.63) is 0 Å². The summed E-state index contributed by atoms with van der Waals surface area (Å²) < 4.78 is 0. The van der Waals surface area contributed by atoms with Crippen LogP contribution in [0, 0.1) is 5.41 Å². The van der Waals surface area contributed by atoms with Gasteiger partial charge in [0, 0.05) is 6.04 Å². The molecule has 1 unspecified atom stereocenters. The maximum absolute atomic E-state index is 3.74. The summed E-state index contributed by atoms with van der Waals surface area (Å²) >= 11 is 0. The molecule has 0 bridgehead atoms. The van der Waals surface area contributed by atoms with E-state index in [1.54, 1.807) is 0 Å². The summed E-state index contributed by atoms with van der Waals surface area (Å²) in [5.41, 5.74) is 0.583. The minimum absolute atomic E-state index is 0.583. The van der Waals surface area contributed by atoms with Crippen LogP contribution in [0.1, 0.15) is 72.1 Å². The summed E-state index contributed by atoms with van der Waals surface area (Å²) in [4.78, 5) is 0. The number of rotatable bonds is 6. The Bertz CT molecular complexity index is 163. The maximum Gasteiger partial charge on any atom is 0.00721 e. The third kappa shape index (κ3) is 5.55. The molecular weight excluding hydrogens is 182 g/mol. The zero-order valence-electron chi connectivity index (χ0n) is 10.9. The Balaban J connectivity index is 2.05. The summed E-state index contributed by atoms with van der Waals surface area (Å²) in [6.45, 7) is 8.34. The van der Waals surface area contributed by atoms with Gasteiger partial charge >= 0.3 is 0 Å². The van der Waals surface area contributed by atoms with E-state index in [0.29, 0.717) is 5.41 Å². The molecule has 0 heterocycles. The van der Waals surface area contributed by atoms with E-state index in [4.69, 9.17) is 0 Å². The van der Waals surface area contributed by atoms with Crippen LogP contribution in [0.3, 0.4) is 0 Å². The van der Waals surface area contributed by atoms with Crippen molar-refractivity contribution in [2.45, 2.75) is 78.2 Å². The van der Waals surface area contributed by atoms with Crippen molar-refractivity contribution in [3.63, 3.8) is 0 Å². The van der Waals surface area contributed by atoms with E-state index in [1.807, 2.05) is 0 Å². The van der Waals surface area contributed by atoms with Crippen LogP contribution in [-0.4, -0.2) is 12.6 Å². The van der Waals surface area contributed by atoms with Crippen LogP contribution in [0.25, 0.3) is 0 Å². The van der Waals surface area contributed by atoms with Crippen LogP contribution in [-0.2, 0) is 0 Å². The van der Waals surface area contributed by atoms with Gasteiger partial charge in [0.2, 0.25) is 0 Å². The molecule has 1 aliphatic rings. The molecule has 1 fully saturated rings. The average molecular weight is 211 g/mol. The molecule has 15 heavy (non-hydrogen) atoms. The molecule has 1 N–H and O–H groups in total. The highest BCUT2D eigenvalue weighted by atomic mass is 14.9. The molecule has 1 heteroatoms. The lowest BCUT2D eigenvalue weighted by molar-refractivity contribution is 0.198. The molecule has 1 atom stereocenters. The molecule has 90 valence electrons. The molecule has 0 aromatic heterocycles. The molecule has 0 aromatic rings. The molecule has 0 amide bonds. The second kappa shape index (κ2) is 6.52. The van der Waals surface area contributed by atoms with E-state index in [1.165, 1.54) is 57.9 Å². The van der Waals surface area contributed by atoms with Crippen molar-refractivity contribution in [2.75, 3.05) is 6.54 Å². The van der Waals surface area contributed by atoms with Crippen molar-refractivity contribution >= 4 is 0 Å². The van der Waals surface area contributed by atoms with Gasteiger partial charge in [0.1, 0.15) is 0 Å². The highest BCUT2D eigenvalue weighted by molar-refractivity contribution is 4.83. The quantitative estimate of drug-likeness (QED) is 0.652. The SMILES string of the molecule is CCCCCCNC1CCCC(C)(C)C1. The Morgan fingerprint density at radius 3 is 2.67 bits per heavy atom. The van der Waals surface area contributed by atoms with Crippen molar-refractivity contribution < 1.29 is 0 Å². The van der Waals surface area contributed by atoms with Crippen LogP contribution >= 0.6 is 0 Å². The van der Waals surface area contributed by atoms with E-state index in [2.05, 4.69) is 26.1 Å². The lowest BCUT2D eigenvalue weighted by Gasteiger charge is -2.35. The Hall–Kier alpha value is -0.0400. The standard InChI is InChI=1S/C14H29N/c1-4-5-6-7-11-15-13-9-8-10-14(2,3)12-13/h13,15H,4-12H2,1-3H3. The fraction of sp³-hybridized carbons (Fsp3) is 1.00. The molecule has 1 rings (SSSR count). The van der Waals surface area contributed by atoms with Gasteiger partial charge in [0.05, 0.1) is 0 Å². The first-order valence-corrected chi connectivity index (χ1v) is 6.87. The molecule has 1 saturated carbocycles. The normalized spacial score (nSPS) is 25.4. The molecule has 0 spiro atoms. The maximum atomic E-state index is 3.74. The first-order valence-electron chi connectivity index (χ1n) is 6.87. The second-order valence-corrected chi connectivity index (χ2v) is 5.97. The monoisotopic (exact) mass is 211 g/mol. The van der Waals surface area contributed by atoms with Crippen LogP contribution < -0.4 is 5.32 Å². The molecule has 0 aromatic carbocycles. The van der Waals surface area contributed by atoms with E-state index in [9.17, 15) is 0 Å². The minimum atomic E-state index is 0.583. The van der Waals surface area contributed by atoms with Gasteiger partial charge in [-0.3, -0.25) is 0 Å². The summed E-state index contributed by atoms with van der Waals surface area (Å²) in [5, 5.41) is 3.74. The second-order valence-electron chi connectivity index (χ2n) is 5.97. The van der Waals surface area contributed by atoms with Crippen molar-refractivity contribution in [3.8, 4) is 0 Å². The lowest BCUT2D eigenvalue weighted by atomic mass is 9.75. The Morgan fingerprint density at radius 2 is 2.00 bits per heavy atom. The topological polar surface area (TPSA) is 12.0 Å². The summed E-state index contributed by atoms with van der Waals surface area (Å²) in [7, 11) is 0. The lowest BCUT2D eigenvalue weighted by Crippen LogP contribution is -2.37. The van der Waals surface area contributed by atoms with Crippen LogP contribution in [0.5, 0.6) is 0 Å². The van der Waals surface area contributed by atoms with Gasteiger partial charge in [0.15, 0.2) is 0 Å². The first-order chi connectivity index (χ1) is 7.14. The van der Waals surface area contributed by atoms with Gasteiger partial charge in [-0.05, 0) is 37.6 Å². The van der Waals surface area contributed by atoms with Gasteiger partial charge in [-0.25, -0.2) is 0 Å². The van der Waals surface area contributed by atoms with E-state index in [0.717, 1.165) is 6.04 Å². The zero-order chi connectivity index (χ0) is 11.1. The predicted molar refractivity (Wildman–Crippen MR) is 68.2 cm³/mol. The zero-order valence-corrected chi connectivity index (χ0v) is 10.9. The van der Waals surface area contributed by atoms with E-state index in [-0.39, 0.29) is 0 Å². The number of hydrogen-bond acceptors (Lipinski definition) is 1. The molecular formula is C14H29N. The number of nitrogens with one attached hydrogen (secondary N) is 1. The molecule has 1 aliphatic carbocycles. The summed E-state index contributed by atoms with van der Waals surface area (Å²) in [6, 6.07) is 0.801. The van der Waals surface area contributed by atoms with Gasteiger partial charge in [-0.1, -0.05) is 46.5 Å². The van der Waals surface area contributed by atoms with Crippen molar-refractivity contribution in [1.29, 1.82) is 0 Å².